The summed E-state index contributed by atoms with van der Waals surface area (Å²) < 4.78 is 26.2. The van der Waals surface area contributed by atoms with Crippen molar-refractivity contribution in [1.29, 1.82) is 0 Å². The quantitative estimate of drug-likeness (QED) is 0.160. The first-order valence-corrected chi connectivity index (χ1v) is 14.5. The fourth-order valence-corrected chi connectivity index (χ4v) is 5.41. The minimum atomic E-state index is -3.97. The van der Waals surface area contributed by atoms with Gasteiger partial charge < -0.3 is 21.7 Å². The Morgan fingerprint density at radius 1 is 0.641 bits per heavy atom. The van der Waals surface area contributed by atoms with Crippen LogP contribution in [0.5, 0.6) is 0 Å². The van der Waals surface area contributed by atoms with Crippen LogP contribution in [-0.2, 0) is 10.0 Å². The van der Waals surface area contributed by atoms with Crippen molar-refractivity contribution in [2.75, 3.05) is 16.0 Å². The van der Waals surface area contributed by atoms with Crippen LogP contribution in [0.4, 0.5) is 26.7 Å². The van der Waals surface area contributed by atoms with E-state index in [-0.39, 0.29) is 0 Å². The normalized spacial score (nSPS) is 11.4. The van der Waals surface area contributed by atoms with Gasteiger partial charge in [-0.1, -0.05) is 72.8 Å². The Balaban J connectivity index is 0.000000320. The summed E-state index contributed by atoms with van der Waals surface area (Å²) in [5, 5.41) is 12.3. The van der Waals surface area contributed by atoms with Crippen LogP contribution in [0.3, 0.4) is 0 Å². The molecule has 0 spiro atoms. The van der Waals surface area contributed by atoms with Crippen molar-refractivity contribution in [3.63, 3.8) is 0 Å². The largest absolute Gasteiger partial charge is 0.351 e. The number of sulfonamides is 1. The maximum absolute atomic E-state index is 12.5. The summed E-state index contributed by atoms with van der Waals surface area (Å²) in [7, 11) is -3.97. The molecule has 1 unspecified atom stereocenters. The average Bonchev–Trinajstić information content (AvgIpc) is 2.88. The number of rotatable bonds is 6. The van der Waals surface area contributed by atoms with Crippen molar-refractivity contribution >= 4 is 71.0 Å². The molecule has 39 heavy (non-hydrogen) atoms. The molecule has 4 aromatic carbocycles. The highest BCUT2D eigenvalue weighted by atomic mass is 79.9. The lowest BCUT2D eigenvalue weighted by molar-refractivity contribution is 0.259. The number of primary amides is 1. The zero-order valence-electron chi connectivity index (χ0n) is 20.3. The number of nitrogens with one attached hydrogen (secondary N) is 3. The SMILES string of the molecule is NC(=O)Nc1ccccc1Br.NS(=O)(=O)C(c1ccccc1)c1ccccc1NC(=O)Nc1ccccc1Br. The van der Waals surface area contributed by atoms with Crippen LogP contribution in [0.2, 0.25) is 0 Å². The molecule has 0 radical (unpaired) electrons. The number of nitrogens with two attached hydrogens (primary N) is 2. The molecule has 202 valence electrons. The van der Waals surface area contributed by atoms with Gasteiger partial charge in [-0.2, -0.15) is 0 Å². The van der Waals surface area contributed by atoms with Gasteiger partial charge in [0.25, 0.3) is 0 Å². The van der Waals surface area contributed by atoms with Crippen LogP contribution < -0.4 is 26.8 Å². The summed E-state index contributed by atoms with van der Waals surface area (Å²) in [5.74, 6) is 0. The Kier molecular flexibility index (Phi) is 10.6. The van der Waals surface area contributed by atoms with E-state index in [1.165, 1.54) is 0 Å². The Hall–Kier alpha value is -3.71. The summed E-state index contributed by atoms with van der Waals surface area (Å²) >= 11 is 6.62. The molecule has 0 saturated carbocycles. The number of anilines is 3. The second kappa shape index (κ2) is 13.9. The number of para-hydroxylation sites is 3. The number of carbonyl (C=O) groups is 2. The van der Waals surface area contributed by atoms with Crippen LogP contribution in [-0.4, -0.2) is 20.5 Å². The number of primary sulfonamides is 1. The van der Waals surface area contributed by atoms with Crippen molar-refractivity contribution in [3.8, 4) is 0 Å². The maximum atomic E-state index is 12.5. The van der Waals surface area contributed by atoms with Gasteiger partial charge in [0.15, 0.2) is 0 Å². The predicted molar refractivity (Wildman–Crippen MR) is 162 cm³/mol. The minimum Gasteiger partial charge on any atom is -0.351 e. The smallest absolute Gasteiger partial charge is 0.323 e. The standard InChI is InChI=1S/C20H18BrN3O3S.C7H7BrN2O/c21-16-11-5-7-13-18(16)24-20(25)23-17-12-6-4-10-15(17)19(28(22,26)27)14-8-2-1-3-9-14;8-5-3-1-2-4-6(5)10-7(9)11/h1-13,19H,(H2,22,26,27)(H2,23,24,25);1-4H,(H3,9,10,11). The van der Waals surface area contributed by atoms with Crippen molar-refractivity contribution in [3.05, 3.63) is 123 Å². The topological polar surface area (TPSA) is 156 Å². The molecule has 0 aliphatic carbocycles. The highest BCUT2D eigenvalue weighted by Gasteiger charge is 2.28. The van der Waals surface area contributed by atoms with Crippen LogP contribution >= 0.6 is 31.9 Å². The van der Waals surface area contributed by atoms with Crippen molar-refractivity contribution in [1.82, 2.24) is 0 Å². The molecule has 0 aliphatic heterocycles. The lowest BCUT2D eigenvalue weighted by atomic mass is 10.0. The van der Waals surface area contributed by atoms with Gasteiger partial charge in [0.1, 0.15) is 5.25 Å². The van der Waals surface area contributed by atoms with E-state index in [2.05, 4.69) is 47.8 Å². The highest BCUT2D eigenvalue weighted by molar-refractivity contribution is 9.11. The van der Waals surface area contributed by atoms with Gasteiger partial charge in [-0.05, 0) is 73.3 Å². The van der Waals surface area contributed by atoms with Gasteiger partial charge in [0, 0.05) is 14.6 Å². The van der Waals surface area contributed by atoms with Gasteiger partial charge in [0.05, 0.1) is 11.4 Å². The van der Waals surface area contributed by atoms with Gasteiger partial charge in [-0.25, -0.2) is 23.1 Å². The number of hydrogen-bond acceptors (Lipinski definition) is 4. The molecule has 0 fully saturated rings. The zero-order chi connectivity index (χ0) is 28.4. The Morgan fingerprint density at radius 3 is 1.59 bits per heavy atom. The Morgan fingerprint density at radius 2 is 1.08 bits per heavy atom. The molecular weight excluding hydrogens is 650 g/mol. The lowest BCUT2D eigenvalue weighted by Gasteiger charge is -2.20. The number of amides is 4. The zero-order valence-corrected chi connectivity index (χ0v) is 24.3. The molecule has 0 aliphatic rings. The molecule has 0 saturated heterocycles. The van der Waals surface area contributed by atoms with E-state index >= 15 is 0 Å². The number of carbonyl (C=O) groups excluding carboxylic acids is 2. The van der Waals surface area contributed by atoms with E-state index in [0.29, 0.717) is 28.2 Å². The molecule has 12 heteroatoms. The molecule has 0 bridgehead atoms. The van der Waals surface area contributed by atoms with Gasteiger partial charge in [-0.3, -0.25) is 0 Å². The molecule has 9 nitrogen and oxygen atoms in total. The minimum absolute atomic E-state index is 0.356. The third kappa shape index (κ3) is 8.93. The van der Waals surface area contributed by atoms with Crippen LogP contribution in [0, 0.1) is 0 Å². The summed E-state index contributed by atoms with van der Waals surface area (Å²) in [4.78, 5) is 22.9. The van der Waals surface area contributed by atoms with Crippen LogP contribution in [0.15, 0.2) is 112 Å². The Labute approximate surface area is 243 Å². The Bertz CT molecular complexity index is 1550. The summed E-state index contributed by atoms with van der Waals surface area (Å²) in [5.41, 5.74) is 7.45. The summed E-state index contributed by atoms with van der Waals surface area (Å²) in [6.07, 6.45) is 0. The van der Waals surface area contributed by atoms with Crippen LogP contribution in [0.1, 0.15) is 16.4 Å². The second-order valence-electron chi connectivity index (χ2n) is 8.00. The van der Waals surface area contributed by atoms with E-state index < -0.39 is 27.3 Å². The summed E-state index contributed by atoms with van der Waals surface area (Å²) in [6.45, 7) is 0. The molecule has 4 amide bonds. The van der Waals surface area contributed by atoms with Gasteiger partial charge >= 0.3 is 12.1 Å². The first-order valence-electron chi connectivity index (χ1n) is 11.3. The molecular formula is C27H25Br2N5O4S. The van der Waals surface area contributed by atoms with Crippen molar-refractivity contribution in [2.45, 2.75) is 5.25 Å². The fourth-order valence-electron chi connectivity index (χ4n) is 3.55. The van der Waals surface area contributed by atoms with E-state index in [4.69, 9.17) is 10.9 Å². The number of halogens is 2. The van der Waals surface area contributed by atoms with Crippen LogP contribution in [0.25, 0.3) is 0 Å². The third-order valence-electron chi connectivity index (χ3n) is 5.18. The first-order chi connectivity index (χ1) is 18.6. The van der Waals surface area contributed by atoms with Crippen molar-refractivity contribution in [2.24, 2.45) is 10.9 Å². The number of benzene rings is 4. The molecule has 1 atom stereocenters. The maximum Gasteiger partial charge on any atom is 0.323 e. The lowest BCUT2D eigenvalue weighted by Crippen LogP contribution is -2.25. The molecule has 4 rings (SSSR count). The van der Waals surface area contributed by atoms with Gasteiger partial charge in [0.2, 0.25) is 10.0 Å². The van der Waals surface area contributed by atoms with E-state index in [1.807, 2.05) is 24.3 Å². The molecule has 0 heterocycles. The molecule has 7 N–H and O–H groups in total. The monoisotopic (exact) mass is 673 g/mol. The number of urea groups is 2. The molecule has 0 aromatic heterocycles. The second-order valence-corrected chi connectivity index (χ2v) is 11.4. The highest BCUT2D eigenvalue weighted by Crippen LogP contribution is 2.33. The summed E-state index contributed by atoms with van der Waals surface area (Å²) in [6, 6.07) is 28.7. The average molecular weight is 675 g/mol. The van der Waals surface area contributed by atoms with E-state index in [1.54, 1.807) is 78.9 Å². The van der Waals surface area contributed by atoms with E-state index in [0.717, 1.165) is 8.95 Å². The first kappa shape index (κ1) is 29.8. The third-order valence-corrected chi connectivity index (χ3v) is 7.74. The van der Waals surface area contributed by atoms with Gasteiger partial charge in [-0.15, -0.1) is 0 Å². The van der Waals surface area contributed by atoms with E-state index in [9.17, 15) is 18.0 Å². The predicted octanol–water partition coefficient (Wildman–Crippen LogP) is 6.41. The van der Waals surface area contributed by atoms with Crippen molar-refractivity contribution < 1.29 is 18.0 Å². The number of hydrogen-bond donors (Lipinski definition) is 5. The molecule has 4 aromatic rings. The fraction of sp³-hybridized carbons (Fsp3) is 0.0370.